The number of halogens is 1. The van der Waals surface area contributed by atoms with Gasteiger partial charge in [0.15, 0.2) is 0 Å². The van der Waals surface area contributed by atoms with Gasteiger partial charge in [-0.2, -0.15) is 0 Å². The molecule has 2 aromatic heterocycles. The van der Waals surface area contributed by atoms with Crippen LogP contribution in [-0.4, -0.2) is 35.2 Å². The maximum atomic E-state index is 12.2. The van der Waals surface area contributed by atoms with Gasteiger partial charge in [0, 0.05) is 35.2 Å². The first-order valence-electron chi connectivity index (χ1n) is 11.7. The third-order valence-electron chi connectivity index (χ3n) is 6.20. The van der Waals surface area contributed by atoms with Gasteiger partial charge in [0.1, 0.15) is 33.8 Å². The molecule has 3 N–H and O–H groups in total. The van der Waals surface area contributed by atoms with Crippen molar-refractivity contribution in [2.24, 2.45) is 11.7 Å². The summed E-state index contributed by atoms with van der Waals surface area (Å²) >= 11 is 7.60. The maximum absolute atomic E-state index is 12.2. The van der Waals surface area contributed by atoms with Crippen molar-refractivity contribution < 1.29 is 14.3 Å². The molecule has 3 heterocycles. The Hall–Kier alpha value is -3.07. The molecule has 0 bridgehead atoms. The van der Waals surface area contributed by atoms with Crippen LogP contribution in [0.25, 0.3) is 16.0 Å². The number of piperidine rings is 1. The molecule has 4 aromatic rings. The highest BCUT2D eigenvalue weighted by Gasteiger charge is 2.21. The van der Waals surface area contributed by atoms with E-state index in [-0.39, 0.29) is 6.10 Å². The molecule has 1 saturated heterocycles. The number of imidazole rings is 1. The Morgan fingerprint density at radius 2 is 2.17 bits per heavy atom. The Kier molecular flexibility index (Phi) is 6.95. The average Bonchev–Trinajstić information content (AvgIpc) is 3.47. The van der Waals surface area contributed by atoms with Gasteiger partial charge in [-0.1, -0.05) is 29.8 Å². The molecule has 1 amide bonds. The number of rotatable bonds is 8. The number of ether oxygens (including phenoxy) is 2. The van der Waals surface area contributed by atoms with Crippen LogP contribution in [0.1, 0.15) is 41.1 Å². The molecule has 9 heteroatoms. The van der Waals surface area contributed by atoms with E-state index in [1.54, 1.807) is 6.33 Å². The molecule has 2 aromatic carbocycles. The molecule has 0 saturated carbocycles. The van der Waals surface area contributed by atoms with Gasteiger partial charge in [0.2, 0.25) is 0 Å². The third-order valence-corrected chi connectivity index (χ3v) is 7.67. The summed E-state index contributed by atoms with van der Waals surface area (Å²) in [5.41, 5.74) is 8.23. The second-order valence-electron chi connectivity index (χ2n) is 8.71. The number of thiophene rings is 1. The molecule has 0 radical (unpaired) electrons. The fourth-order valence-corrected chi connectivity index (χ4v) is 5.55. The number of carbonyl (C=O) groups excluding carboxylic acids is 1. The fraction of sp³-hybridized carbons (Fsp3) is 0.308. The maximum Gasteiger partial charge on any atom is 0.262 e. The summed E-state index contributed by atoms with van der Waals surface area (Å²) in [6.45, 7) is 4.63. The van der Waals surface area contributed by atoms with E-state index in [4.69, 9.17) is 26.8 Å². The topological polar surface area (TPSA) is 91.4 Å². The molecule has 0 aliphatic carbocycles. The number of nitrogens with zero attached hydrogens (tertiary/aromatic N) is 2. The Balaban J connectivity index is 1.41. The number of hydrogen-bond donors (Lipinski definition) is 2. The van der Waals surface area contributed by atoms with Crippen LogP contribution in [0.3, 0.4) is 0 Å². The Morgan fingerprint density at radius 3 is 2.94 bits per heavy atom. The number of nitrogens with one attached hydrogen (secondary N) is 1. The smallest absolute Gasteiger partial charge is 0.262 e. The lowest BCUT2D eigenvalue weighted by Gasteiger charge is -2.22. The predicted octanol–water partition coefficient (Wildman–Crippen LogP) is 5.36. The number of fused-ring (bicyclic) bond motifs is 1. The summed E-state index contributed by atoms with van der Waals surface area (Å²) in [5, 5.41) is 4.80. The van der Waals surface area contributed by atoms with Gasteiger partial charge in [-0.05, 0) is 44.5 Å². The van der Waals surface area contributed by atoms with E-state index in [9.17, 15) is 4.79 Å². The molecular weight excluding hydrogens is 484 g/mol. The second kappa shape index (κ2) is 10.3. The molecule has 1 fully saturated rings. The van der Waals surface area contributed by atoms with Crippen molar-refractivity contribution >= 4 is 39.9 Å². The van der Waals surface area contributed by atoms with Crippen LogP contribution < -0.4 is 20.5 Å². The lowest BCUT2D eigenvalue weighted by Crippen LogP contribution is -2.33. The van der Waals surface area contributed by atoms with E-state index in [0.29, 0.717) is 28.2 Å². The first kappa shape index (κ1) is 23.7. The Morgan fingerprint density at radius 1 is 1.31 bits per heavy atom. The highest BCUT2D eigenvalue weighted by molar-refractivity contribution is 7.16. The van der Waals surface area contributed by atoms with Crippen LogP contribution in [-0.2, 0) is 0 Å². The van der Waals surface area contributed by atoms with Crippen molar-refractivity contribution in [2.75, 3.05) is 19.7 Å². The van der Waals surface area contributed by atoms with Crippen molar-refractivity contribution in [3.8, 4) is 16.5 Å². The number of benzene rings is 2. The third kappa shape index (κ3) is 5.15. The number of carbonyl (C=O) groups is 1. The molecular formula is C26H27ClN4O3S. The van der Waals surface area contributed by atoms with E-state index in [2.05, 4.69) is 10.3 Å². The lowest BCUT2D eigenvalue weighted by atomic mass is 10.0. The normalized spacial score (nSPS) is 16.8. The van der Waals surface area contributed by atoms with Crippen molar-refractivity contribution in [3.05, 3.63) is 70.3 Å². The van der Waals surface area contributed by atoms with Crippen molar-refractivity contribution in [3.63, 3.8) is 0 Å². The van der Waals surface area contributed by atoms with Crippen LogP contribution in [0.2, 0.25) is 5.02 Å². The van der Waals surface area contributed by atoms with Crippen molar-refractivity contribution in [1.29, 1.82) is 0 Å². The monoisotopic (exact) mass is 510 g/mol. The van der Waals surface area contributed by atoms with Crippen LogP contribution >= 0.6 is 22.9 Å². The van der Waals surface area contributed by atoms with E-state index in [1.165, 1.54) is 24.2 Å². The highest BCUT2D eigenvalue weighted by Crippen LogP contribution is 2.37. The number of amides is 1. The standard InChI is InChI=1S/C26H27ClN4O3S/c1-16(19-6-2-3-7-20(19)27)34-23-12-24(35-25(23)26(28)32)31-15-30-21-9-8-18(11-22(21)31)33-14-17-5-4-10-29-13-17/h2-3,6-9,11-12,15-17,29H,4-5,10,13-14H2,1H3,(H2,28,32)/t16-,17-/m1/s1. The van der Waals surface area contributed by atoms with Gasteiger partial charge < -0.3 is 20.5 Å². The molecule has 5 rings (SSSR count). The van der Waals surface area contributed by atoms with Crippen LogP contribution in [0, 0.1) is 5.92 Å². The zero-order valence-electron chi connectivity index (χ0n) is 19.4. The quantitative estimate of drug-likeness (QED) is 0.333. The van der Waals surface area contributed by atoms with E-state index >= 15 is 0 Å². The van der Waals surface area contributed by atoms with E-state index in [1.807, 2.05) is 60.0 Å². The van der Waals surface area contributed by atoms with E-state index in [0.717, 1.165) is 40.4 Å². The fourth-order valence-electron chi connectivity index (χ4n) is 4.33. The molecule has 182 valence electrons. The summed E-state index contributed by atoms with van der Waals surface area (Å²) < 4.78 is 14.2. The number of nitrogens with two attached hydrogens (primary N) is 1. The largest absolute Gasteiger partial charge is 0.493 e. The van der Waals surface area contributed by atoms with Gasteiger partial charge >= 0.3 is 0 Å². The van der Waals surface area contributed by atoms with Gasteiger partial charge in [-0.25, -0.2) is 4.98 Å². The summed E-state index contributed by atoms with van der Waals surface area (Å²) in [7, 11) is 0. The Bertz CT molecular complexity index is 1350. The van der Waals surface area contributed by atoms with Gasteiger partial charge in [0.25, 0.3) is 5.91 Å². The first-order valence-corrected chi connectivity index (χ1v) is 12.8. The first-order chi connectivity index (χ1) is 17.0. The minimum atomic E-state index is -0.544. The number of hydrogen-bond acceptors (Lipinski definition) is 6. The van der Waals surface area contributed by atoms with Crippen LogP contribution in [0.4, 0.5) is 0 Å². The molecule has 7 nitrogen and oxygen atoms in total. The summed E-state index contributed by atoms with van der Waals surface area (Å²) in [5.74, 6) is 1.18. The molecule has 0 unspecified atom stereocenters. The zero-order chi connectivity index (χ0) is 24.4. The Labute approximate surface area is 212 Å². The molecule has 0 spiro atoms. The second-order valence-corrected chi connectivity index (χ2v) is 10.2. The van der Waals surface area contributed by atoms with Crippen molar-refractivity contribution in [1.82, 2.24) is 14.9 Å². The molecule has 35 heavy (non-hydrogen) atoms. The average molecular weight is 511 g/mol. The molecule has 2 atom stereocenters. The molecule has 1 aliphatic rings. The summed E-state index contributed by atoms with van der Waals surface area (Å²) in [6, 6.07) is 15.2. The van der Waals surface area contributed by atoms with Gasteiger partial charge in [-0.3, -0.25) is 9.36 Å². The highest BCUT2D eigenvalue weighted by atomic mass is 35.5. The number of primary amides is 1. The van der Waals surface area contributed by atoms with Crippen LogP contribution in [0.15, 0.2) is 54.9 Å². The molecule has 1 aliphatic heterocycles. The minimum absolute atomic E-state index is 0.345. The lowest BCUT2D eigenvalue weighted by molar-refractivity contribution is 0.0998. The van der Waals surface area contributed by atoms with Gasteiger partial charge in [-0.15, -0.1) is 11.3 Å². The van der Waals surface area contributed by atoms with E-state index < -0.39 is 5.91 Å². The van der Waals surface area contributed by atoms with Crippen molar-refractivity contribution in [2.45, 2.75) is 25.9 Å². The summed E-state index contributed by atoms with van der Waals surface area (Å²) in [4.78, 5) is 17.1. The SMILES string of the molecule is C[C@@H](Oc1cc(-n2cnc3ccc(OC[C@@H]4CCCNC4)cc32)sc1C(N)=O)c1ccccc1Cl. The minimum Gasteiger partial charge on any atom is -0.493 e. The number of aromatic nitrogens is 2. The van der Waals surface area contributed by atoms with Crippen LogP contribution in [0.5, 0.6) is 11.5 Å². The zero-order valence-corrected chi connectivity index (χ0v) is 20.9. The summed E-state index contributed by atoms with van der Waals surface area (Å²) in [6.07, 6.45) is 3.73. The van der Waals surface area contributed by atoms with Gasteiger partial charge in [0.05, 0.1) is 17.6 Å². The predicted molar refractivity (Wildman–Crippen MR) is 139 cm³/mol.